The average Bonchev–Trinajstić information content (AvgIpc) is 2.78. The normalized spacial score (nSPS) is 41.5. The summed E-state index contributed by atoms with van der Waals surface area (Å²) in [6.07, 6.45) is 5.92. The van der Waals surface area contributed by atoms with E-state index in [-0.39, 0.29) is 0 Å². The average molecular weight is 180 g/mol. The van der Waals surface area contributed by atoms with Crippen LogP contribution in [0, 0.1) is 11.8 Å². The molecule has 0 spiro atoms. The Kier molecular flexibility index (Phi) is 2.06. The molecular weight excluding hydrogens is 160 g/mol. The lowest BCUT2D eigenvalue weighted by Gasteiger charge is -2.24. The second-order valence-corrected chi connectivity index (χ2v) is 5.07. The van der Waals surface area contributed by atoms with Gasteiger partial charge in [0.25, 0.3) is 0 Å². The standard InChI is InChI=1S/C11H20N2/c1-2-4-11(3-1)13-7-9-5-12-6-10(9)8-13/h9-12H,1-8H2/t9-,10+. The summed E-state index contributed by atoms with van der Waals surface area (Å²) in [7, 11) is 0. The van der Waals surface area contributed by atoms with E-state index in [0.717, 1.165) is 17.9 Å². The van der Waals surface area contributed by atoms with Crippen LogP contribution in [0.2, 0.25) is 0 Å². The first-order valence-corrected chi connectivity index (χ1v) is 5.88. The monoisotopic (exact) mass is 180 g/mol. The molecule has 2 nitrogen and oxygen atoms in total. The topological polar surface area (TPSA) is 15.3 Å². The van der Waals surface area contributed by atoms with Gasteiger partial charge in [-0.1, -0.05) is 12.8 Å². The Bertz CT molecular complexity index is 175. The van der Waals surface area contributed by atoms with E-state index in [1.54, 1.807) is 0 Å². The summed E-state index contributed by atoms with van der Waals surface area (Å²) in [5, 5.41) is 3.51. The van der Waals surface area contributed by atoms with Gasteiger partial charge >= 0.3 is 0 Å². The molecule has 0 unspecified atom stereocenters. The van der Waals surface area contributed by atoms with E-state index in [1.165, 1.54) is 51.9 Å². The van der Waals surface area contributed by atoms with E-state index < -0.39 is 0 Å². The lowest BCUT2D eigenvalue weighted by molar-refractivity contribution is 0.229. The molecule has 2 heterocycles. The first-order valence-electron chi connectivity index (χ1n) is 5.88. The molecule has 2 atom stereocenters. The largest absolute Gasteiger partial charge is 0.316 e. The first kappa shape index (κ1) is 8.25. The van der Waals surface area contributed by atoms with E-state index in [1.807, 2.05) is 0 Å². The van der Waals surface area contributed by atoms with Gasteiger partial charge in [0.1, 0.15) is 0 Å². The summed E-state index contributed by atoms with van der Waals surface area (Å²) in [6.45, 7) is 5.35. The van der Waals surface area contributed by atoms with Gasteiger partial charge in [0.2, 0.25) is 0 Å². The second kappa shape index (κ2) is 3.25. The summed E-state index contributed by atoms with van der Waals surface area (Å²) in [5.41, 5.74) is 0. The Hall–Kier alpha value is -0.0800. The van der Waals surface area contributed by atoms with Crippen molar-refractivity contribution in [2.45, 2.75) is 31.7 Å². The molecule has 2 heteroatoms. The Balaban J connectivity index is 1.62. The van der Waals surface area contributed by atoms with Gasteiger partial charge < -0.3 is 5.32 Å². The highest BCUT2D eigenvalue weighted by Crippen LogP contribution is 2.32. The van der Waals surface area contributed by atoms with Gasteiger partial charge in [-0.3, -0.25) is 4.90 Å². The lowest BCUT2D eigenvalue weighted by atomic mass is 10.0. The predicted octanol–water partition coefficient (Wildman–Crippen LogP) is 1.08. The zero-order chi connectivity index (χ0) is 8.67. The fourth-order valence-corrected chi connectivity index (χ4v) is 3.46. The maximum atomic E-state index is 3.51. The third kappa shape index (κ3) is 1.40. The summed E-state index contributed by atoms with van der Waals surface area (Å²) in [6, 6.07) is 0.964. The van der Waals surface area contributed by atoms with Crippen molar-refractivity contribution in [2.24, 2.45) is 11.8 Å². The van der Waals surface area contributed by atoms with Crippen LogP contribution >= 0.6 is 0 Å². The molecule has 2 saturated heterocycles. The van der Waals surface area contributed by atoms with Crippen LogP contribution in [-0.4, -0.2) is 37.1 Å². The molecule has 0 aromatic carbocycles. The Morgan fingerprint density at radius 2 is 1.54 bits per heavy atom. The Morgan fingerprint density at radius 1 is 0.923 bits per heavy atom. The smallest absolute Gasteiger partial charge is 0.00955 e. The molecule has 0 bridgehead atoms. The van der Waals surface area contributed by atoms with Crippen molar-refractivity contribution >= 4 is 0 Å². The van der Waals surface area contributed by atoms with Crippen LogP contribution in [0.4, 0.5) is 0 Å². The Morgan fingerprint density at radius 3 is 2.15 bits per heavy atom. The molecule has 0 aromatic rings. The maximum absolute atomic E-state index is 3.51. The van der Waals surface area contributed by atoms with Gasteiger partial charge in [0, 0.05) is 19.1 Å². The number of fused-ring (bicyclic) bond motifs is 1. The molecule has 74 valence electrons. The summed E-state index contributed by atoms with van der Waals surface area (Å²) < 4.78 is 0. The summed E-state index contributed by atoms with van der Waals surface area (Å²) >= 11 is 0. The van der Waals surface area contributed by atoms with Crippen molar-refractivity contribution in [2.75, 3.05) is 26.2 Å². The number of rotatable bonds is 1. The zero-order valence-corrected chi connectivity index (χ0v) is 8.34. The number of hydrogen-bond acceptors (Lipinski definition) is 2. The number of nitrogens with one attached hydrogen (secondary N) is 1. The molecule has 0 radical (unpaired) electrons. The molecule has 0 aromatic heterocycles. The van der Waals surface area contributed by atoms with Crippen LogP contribution in [0.3, 0.4) is 0 Å². The highest BCUT2D eigenvalue weighted by molar-refractivity contribution is 4.94. The van der Waals surface area contributed by atoms with Crippen LogP contribution in [0.15, 0.2) is 0 Å². The van der Waals surface area contributed by atoms with Gasteiger partial charge in [-0.2, -0.15) is 0 Å². The van der Waals surface area contributed by atoms with Crippen LogP contribution in [0.1, 0.15) is 25.7 Å². The molecule has 2 aliphatic heterocycles. The minimum Gasteiger partial charge on any atom is -0.316 e. The molecule has 3 fully saturated rings. The molecule has 3 aliphatic rings. The SMILES string of the molecule is C1CCC(N2C[C@H]3CNC[C@H]3C2)C1. The third-order valence-electron chi connectivity index (χ3n) is 4.26. The number of nitrogens with zero attached hydrogens (tertiary/aromatic N) is 1. The van der Waals surface area contributed by atoms with E-state index in [0.29, 0.717) is 0 Å². The number of likely N-dealkylation sites (tertiary alicyclic amines) is 1. The fourth-order valence-electron chi connectivity index (χ4n) is 3.46. The van der Waals surface area contributed by atoms with Crippen molar-refractivity contribution < 1.29 is 0 Å². The molecule has 0 amide bonds. The highest BCUT2D eigenvalue weighted by atomic mass is 15.2. The van der Waals surface area contributed by atoms with Crippen LogP contribution in [-0.2, 0) is 0 Å². The minimum atomic E-state index is 0.964. The molecule has 1 aliphatic carbocycles. The van der Waals surface area contributed by atoms with Gasteiger partial charge in [-0.15, -0.1) is 0 Å². The van der Waals surface area contributed by atoms with Gasteiger partial charge in [0.05, 0.1) is 0 Å². The van der Waals surface area contributed by atoms with E-state index in [4.69, 9.17) is 0 Å². The van der Waals surface area contributed by atoms with Crippen LogP contribution in [0.5, 0.6) is 0 Å². The minimum absolute atomic E-state index is 0.964. The molecule has 3 rings (SSSR count). The van der Waals surface area contributed by atoms with Crippen molar-refractivity contribution in [3.8, 4) is 0 Å². The maximum Gasteiger partial charge on any atom is 0.00955 e. The van der Waals surface area contributed by atoms with Crippen molar-refractivity contribution in [1.82, 2.24) is 10.2 Å². The molecule has 1 saturated carbocycles. The summed E-state index contributed by atoms with van der Waals surface area (Å²) in [5.74, 6) is 1.97. The van der Waals surface area contributed by atoms with Gasteiger partial charge in [-0.25, -0.2) is 0 Å². The number of hydrogen-bond donors (Lipinski definition) is 1. The fraction of sp³-hybridized carbons (Fsp3) is 1.00. The third-order valence-corrected chi connectivity index (χ3v) is 4.26. The first-order chi connectivity index (χ1) is 6.43. The van der Waals surface area contributed by atoms with E-state index in [9.17, 15) is 0 Å². The second-order valence-electron chi connectivity index (χ2n) is 5.07. The van der Waals surface area contributed by atoms with E-state index >= 15 is 0 Å². The Labute approximate surface area is 80.7 Å². The predicted molar refractivity (Wildman–Crippen MR) is 53.7 cm³/mol. The highest BCUT2D eigenvalue weighted by Gasteiger charge is 2.38. The van der Waals surface area contributed by atoms with Crippen LogP contribution in [0.25, 0.3) is 0 Å². The van der Waals surface area contributed by atoms with Crippen molar-refractivity contribution in [3.05, 3.63) is 0 Å². The van der Waals surface area contributed by atoms with Crippen LogP contribution < -0.4 is 5.32 Å². The molecule has 13 heavy (non-hydrogen) atoms. The zero-order valence-electron chi connectivity index (χ0n) is 8.34. The van der Waals surface area contributed by atoms with Crippen molar-refractivity contribution in [3.63, 3.8) is 0 Å². The molecular formula is C11H20N2. The molecule has 1 N–H and O–H groups in total. The van der Waals surface area contributed by atoms with Crippen molar-refractivity contribution in [1.29, 1.82) is 0 Å². The van der Waals surface area contributed by atoms with Gasteiger partial charge in [-0.05, 0) is 37.8 Å². The summed E-state index contributed by atoms with van der Waals surface area (Å²) in [4.78, 5) is 2.78. The lowest BCUT2D eigenvalue weighted by Crippen LogP contribution is -2.33. The van der Waals surface area contributed by atoms with E-state index in [2.05, 4.69) is 10.2 Å². The van der Waals surface area contributed by atoms with Gasteiger partial charge in [0.15, 0.2) is 0 Å². The quantitative estimate of drug-likeness (QED) is 0.649.